The highest BCUT2D eigenvalue weighted by atomic mass is 35.5. The van der Waals surface area contributed by atoms with E-state index in [9.17, 15) is 4.79 Å². The molecule has 0 saturated heterocycles. The molecule has 1 aromatic rings. The van der Waals surface area contributed by atoms with Crippen molar-refractivity contribution in [1.29, 1.82) is 0 Å². The van der Waals surface area contributed by atoms with Crippen LogP contribution in [-0.4, -0.2) is 17.8 Å². The van der Waals surface area contributed by atoms with Crippen molar-refractivity contribution in [3.63, 3.8) is 0 Å². The molecule has 0 atom stereocenters. The number of nitrogens with zero attached hydrogens (tertiary/aromatic N) is 1. The highest BCUT2D eigenvalue weighted by Gasteiger charge is 2.51. The van der Waals surface area contributed by atoms with Crippen LogP contribution in [0.15, 0.2) is 29.4 Å². The summed E-state index contributed by atoms with van der Waals surface area (Å²) in [6, 6.07) is 7.16. The van der Waals surface area contributed by atoms with Crippen molar-refractivity contribution in [2.24, 2.45) is 22.9 Å². The van der Waals surface area contributed by atoms with Gasteiger partial charge in [-0.25, -0.2) is 10.2 Å². The summed E-state index contributed by atoms with van der Waals surface area (Å²) in [5.74, 6) is 2.46. The van der Waals surface area contributed by atoms with Crippen molar-refractivity contribution in [1.82, 2.24) is 10.7 Å². The number of rotatable bonds is 3. The lowest BCUT2D eigenvalue weighted by Gasteiger charge is -2.56. The molecule has 23 heavy (non-hydrogen) atoms. The van der Waals surface area contributed by atoms with E-state index in [0.717, 1.165) is 42.6 Å². The van der Waals surface area contributed by atoms with Gasteiger partial charge in [0.1, 0.15) is 0 Å². The molecular formula is C18H22ClN3O. The number of amides is 2. The number of nitrogens with one attached hydrogen (secondary N) is 2. The van der Waals surface area contributed by atoms with Crippen molar-refractivity contribution in [3.8, 4) is 0 Å². The van der Waals surface area contributed by atoms with Gasteiger partial charge in [-0.2, -0.15) is 5.10 Å². The molecule has 4 aliphatic carbocycles. The van der Waals surface area contributed by atoms with Gasteiger partial charge in [0.15, 0.2) is 0 Å². The van der Waals surface area contributed by atoms with E-state index < -0.39 is 0 Å². The summed E-state index contributed by atoms with van der Waals surface area (Å²) in [5.41, 5.74) is 3.54. The van der Waals surface area contributed by atoms with Gasteiger partial charge < -0.3 is 5.32 Å². The molecule has 2 N–H and O–H groups in total. The highest BCUT2D eigenvalue weighted by Crippen LogP contribution is 2.55. The van der Waals surface area contributed by atoms with Gasteiger partial charge in [0.25, 0.3) is 0 Å². The minimum absolute atomic E-state index is 0.0224. The molecule has 2 amide bonds. The summed E-state index contributed by atoms with van der Waals surface area (Å²) >= 11 is 5.84. The van der Waals surface area contributed by atoms with Gasteiger partial charge in [-0.3, -0.25) is 0 Å². The Kier molecular flexibility index (Phi) is 3.80. The van der Waals surface area contributed by atoms with Gasteiger partial charge in [-0.15, -0.1) is 0 Å². The zero-order chi connectivity index (χ0) is 15.9. The summed E-state index contributed by atoms with van der Waals surface area (Å²) in [5, 5.41) is 7.96. The first-order valence-electron chi connectivity index (χ1n) is 8.47. The molecule has 0 aliphatic heterocycles. The lowest BCUT2D eigenvalue weighted by molar-refractivity contribution is -0.0135. The smallest absolute Gasteiger partial charge is 0.331 e. The molecule has 0 unspecified atom stereocenters. The Balaban J connectivity index is 1.34. The van der Waals surface area contributed by atoms with E-state index in [0.29, 0.717) is 5.02 Å². The summed E-state index contributed by atoms with van der Waals surface area (Å²) in [6.07, 6.45) is 9.19. The predicted molar refractivity (Wildman–Crippen MR) is 91.6 cm³/mol. The van der Waals surface area contributed by atoms with Gasteiger partial charge in [0.05, 0.1) is 6.21 Å². The molecule has 122 valence electrons. The molecule has 5 heteroatoms. The summed E-state index contributed by atoms with van der Waals surface area (Å²) < 4.78 is 0. The summed E-state index contributed by atoms with van der Waals surface area (Å²) in [7, 11) is 0. The number of carbonyl (C=O) groups is 1. The molecule has 4 aliphatic rings. The van der Waals surface area contributed by atoms with Crippen LogP contribution >= 0.6 is 11.6 Å². The van der Waals surface area contributed by atoms with E-state index >= 15 is 0 Å². The molecule has 5 rings (SSSR count). The van der Waals surface area contributed by atoms with Gasteiger partial charge >= 0.3 is 6.03 Å². The quantitative estimate of drug-likeness (QED) is 0.639. The highest BCUT2D eigenvalue weighted by molar-refractivity contribution is 6.30. The van der Waals surface area contributed by atoms with Gasteiger partial charge in [-0.1, -0.05) is 23.7 Å². The Morgan fingerprint density at radius 2 is 1.65 bits per heavy atom. The van der Waals surface area contributed by atoms with Crippen molar-refractivity contribution in [2.45, 2.75) is 44.1 Å². The maximum Gasteiger partial charge on any atom is 0.335 e. The van der Waals surface area contributed by atoms with Crippen molar-refractivity contribution in [2.75, 3.05) is 0 Å². The number of hydrogen-bond acceptors (Lipinski definition) is 2. The number of hydrazone groups is 1. The van der Waals surface area contributed by atoms with Crippen molar-refractivity contribution in [3.05, 3.63) is 34.9 Å². The average Bonchev–Trinajstić information content (AvgIpc) is 2.47. The van der Waals surface area contributed by atoms with Crippen LogP contribution in [0, 0.1) is 17.8 Å². The Morgan fingerprint density at radius 1 is 1.09 bits per heavy atom. The molecule has 0 aromatic heterocycles. The Morgan fingerprint density at radius 3 is 2.22 bits per heavy atom. The fourth-order valence-corrected chi connectivity index (χ4v) is 5.37. The lowest BCUT2D eigenvalue weighted by atomic mass is 9.53. The van der Waals surface area contributed by atoms with E-state index in [-0.39, 0.29) is 11.6 Å². The third-order valence-electron chi connectivity index (χ3n) is 5.67. The van der Waals surface area contributed by atoms with Crippen LogP contribution in [-0.2, 0) is 0 Å². The molecule has 4 bridgehead atoms. The SMILES string of the molecule is O=C(NN=Cc1ccc(Cl)cc1)NC12CC3CC(CC(C3)C1)C2. The Labute approximate surface area is 141 Å². The normalized spacial score (nSPS) is 34.7. The van der Waals surface area contributed by atoms with Crippen LogP contribution in [0.4, 0.5) is 4.79 Å². The average molecular weight is 332 g/mol. The molecule has 0 radical (unpaired) electrons. The summed E-state index contributed by atoms with van der Waals surface area (Å²) in [6.45, 7) is 0. The Hall–Kier alpha value is -1.55. The van der Waals surface area contributed by atoms with Crippen LogP contribution in [0.2, 0.25) is 5.02 Å². The van der Waals surface area contributed by atoms with E-state index in [1.54, 1.807) is 18.3 Å². The first kappa shape index (κ1) is 15.0. The van der Waals surface area contributed by atoms with Crippen LogP contribution < -0.4 is 10.7 Å². The Bertz CT molecular complexity index is 590. The minimum atomic E-state index is -0.183. The molecule has 0 heterocycles. The fourth-order valence-electron chi connectivity index (χ4n) is 5.25. The van der Waals surface area contributed by atoms with Crippen molar-refractivity contribution < 1.29 is 4.79 Å². The molecule has 0 spiro atoms. The van der Waals surface area contributed by atoms with Crippen LogP contribution in [0.25, 0.3) is 0 Å². The minimum Gasteiger partial charge on any atom is -0.331 e. The lowest BCUT2D eigenvalue weighted by Crippen LogP contribution is -2.61. The number of carbonyl (C=O) groups excluding carboxylic acids is 1. The second-order valence-electron chi connectivity index (χ2n) is 7.57. The summed E-state index contributed by atoms with van der Waals surface area (Å²) in [4.78, 5) is 12.2. The third kappa shape index (κ3) is 3.23. The standard InChI is InChI=1S/C18H22ClN3O/c19-16-3-1-12(2-4-16)11-20-22-17(23)21-18-8-13-5-14(9-18)7-15(6-13)10-18/h1-4,11,13-15H,5-10H2,(H2,21,22,23). The number of hydrogen-bond donors (Lipinski definition) is 2. The zero-order valence-electron chi connectivity index (χ0n) is 13.1. The largest absolute Gasteiger partial charge is 0.335 e. The number of halogens is 1. The number of urea groups is 1. The second-order valence-corrected chi connectivity index (χ2v) is 8.01. The monoisotopic (exact) mass is 331 g/mol. The first-order valence-corrected chi connectivity index (χ1v) is 8.85. The van der Waals surface area contributed by atoms with E-state index in [4.69, 9.17) is 11.6 Å². The maximum atomic E-state index is 12.2. The van der Waals surface area contributed by atoms with Gasteiger partial charge in [0, 0.05) is 10.6 Å². The second kappa shape index (κ2) is 5.82. The van der Waals surface area contributed by atoms with E-state index in [2.05, 4.69) is 15.8 Å². The number of benzene rings is 1. The molecular weight excluding hydrogens is 310 g/mol. The molecule has 1 aromatic carbocycles. The van der Waals surface area contributed by atoms with E-state index in [1.165, 1.54) is 19.3 Å². The zero-order valence-corrected chi connectivity index (χ0v) is 13.9. The molecule has 4 fully saturated rings. The molecule has 4 saturated carbocycles. The molecule has 4 nitrogen and oxygen atoms in total. The van der Waals surface area contributed by atoms with Gasteiger partial charge in [0.2, 0.25) is 0 Å². The van der Waals surface area contributed by atoms with Crippen LogP contribution in [0.1, 0.15) is 44.1 Å². The van der Waals surface area contributed by atoms with E-state index in [1.807, 2.05) is 12.1 Å². The van der Waals surface area contributed by atoms with Gasteiger partial charge in [-0.05, 0) is 74.0 Å². The van der Waals surface area contributed by atoms with Crippen LogP contribution in [0.5, 0.6) is 0 Å². The van der Waals surface area contributed by atoms with Crippen molar-refractivity contribution >= 4 is 23.8 Å². The topological polar surface area (TPSA) is 53.5 Å². The maximum absolute atomic E-state index is 12.2. The van der Waals surface area contributed by atoms with Crippen LogP contribution in [0.3, 0.4) is 0 Å². The third-order valence-corrected chi connectivity index (χ3v) is 5.92. The predicted octanol–water partition coefficient (Wildman–Crippen LogP) is 3.94. The first-order chi connectivity index (χ1) is 11.1. The fraction of sp³-hybridized carbons (Fsp3) is 0.556.